The van der Waals surface area contributed by atoms with Crippen LogP contribution in [0, 0.1) is 0 Å². The van der Waals surface area contributed by atoms with Crippen molar-refractivity contribution in [1.82, 2.24) is 0 Å². The molecule has 0 aliphatic heterocycles. The lowest BCUT2D eigenvalue weighted by atomic mass is 10.0. The normalized spacial score (nSPS) is 12.8. The van der Waals surface area contributed by atoms with Gasteiger partial charge >= 0.3 is 0 Å². The maximum atomic E-state index is 11.4. The molecule has 4 N–H and O–H groups in total. The summed E-state index contributed by atoms with van der Waals surface area (Å²) in [6.45, 7) is 8.23. The summed E-state index contributed by atoms with van der Waals surface area (Å²) in [5.41, 5.74) is 11.6. The first-order chi connectivity index (χ1) is 12.1. The summed E-state index contributed by atoms with van der Waals surface area (Å²) < 4.78 is 18.1. The summed E-state index contributed by atoms with van der Waals surface area (Å²) in [6, 6.07) is 0. The fraction of sp³-hybridized carbons (Fsp3) is 0.895. The summed E-state index contributed by atoms with van der Waals surface area (Å²) in [7, 11) is 0. The Morgan fingerprint density at radius 3 is 1.92 bits per heavy atom. The van der Waals surface area contributed by atoms with Crippen molar-refractivity contribution < 1.29 is 19.0 Å². The third-order valence-corrected chi connectivity index (χ3v) is 4.03. The van der Waals surface area contributed by atoms with Crippen molar-refractivity contribution in [2.75, 3.05) is 26.4 Å². The van der Waals surface area contributed by atoms with Gasteiger partial charge in [0, 0.05) is 6.61 Å². The number of unbranched alkanes of at least 4 members (excludes halogenated alkanes) is 3. The summed E-state index contributed by atoms with van der Waals surface area (Å²) >= 11 is 0. The van der Waals surface area contributed by atoms with Crippen molar-refractivity contribution in [3.63, 3.8) is 0 Å². The van der Waals surface area contributed by atoms with Crippen molar-refractivity contribution in [1.29, 1.82) is 0 Å². The molecule has 0 fully saturated rings. The van der Waals surface area contributed by atoms with Gasteiger partial charge in [0.2, 0.25) is 5.79 Å². The van der Waals surface area contributed by atoms with Crippen LogP contribution in [-0.2, 0) is 19.0 Å². The summed E-state index contributed by atoms with van der Waals surface area (Å²) in [5.74, 6) is 0.410. The van der Waals surface area contributed by atoms with Gasteiger partial charge < -0.3 is 25.7 Å². The Bertz CT molecular complexity index is 360. The Labute approximate surface area is 153 Å². The van der Waals surface area contributed by atoms with Crippen LogP contribution < -0.4 is 11.5 Å². The highest BCUT2D eigenvalue weighted by Crippen LogP contribution is 2.30. The van der Waals surface area contributed by atoms with Crippen LogP contribution in [0.1, 0.15) is 72.1 Å². The lowest BCUT2D eigenvalue weighted by Crippen LogP contribution is -2.53. The largest absolute Gasteiger partial charge is 0.389 e. The zero-order valence-corrected chi connectivity index (χ0v) is 16.4. The fourth-order valence-electron chi connectivity index (χ4n) is 2.42. The van der Waals surface area contributed by atoms with E-state index in [9.17, 15) is 4.79 Å². The predicted molar refractivity (Wildman–Crippen MR) is 101 cm³/mol. The van der Waals surface area contributed by atoms with Crippen molar-refractivity contribution in [3.05, 3.63) is 5.70 Å². The Balaban J connectivity index is 5.51. The molecule has 0 heterocycles. The van der Waals surface area contributed by atoms with Crippen LogP contribution in [0.25, 0.3) is 0 Å². The van der Waals surface area contributed by atoms with Crippen LogP contribution in [0.15, 0.2) is 5.70 Å². The maximum absolute atomic E-state index is 11.4. The summed E-state index contributed by atoms with van der Waals surface area (Å²) in [5, 5.41) is 0. The molecule has 0 radical (unpaired) electrons. The van der Waals surface area contributed by atoms with Gasteiger partial charge in [-0.25, -0.2) is 4.79 Å². The van der Waals surface area contributed by atoms with E-state index in [0.717, 1.165) is 44.9 Å². The van der Waals surface area contributed by atoms with E-state index >= 15 is 0 Å². The molecule has 0 saturated carbocycles. The Morgan fingerprint density at radius 2 is 1.48 bits per heavy atom. The van der Waals surface area contributed by atoms with Gasteiger partial charge in [-0.15, -0.1) is 0 Å². The van der Waals surface area contributed by atoms with Gasteiger partial charge in [0.15, 0.2) is 11.6 Å². The fourth-order valence-corrected chi connectivity index (χ4v) is 2.42. The molecule has 1 unspecified atom stereocenters. The molecule has 0 aromatic rings. The molecule has 148 valence electrons. The van der Waals surface area contributed by atoms with Gasteiger partial charge in [-0.1, -0.05) is 40.0 Å². The number of ether oxygens (including phenoxy) is 3. The van der Waals surface area contributed by atoms with E-state index in [0.29, 0.717) is 32.8 Å². The van der Waals surface area contributed by atoms with Crippen LogP contribution in [-0.4, -0.2) is 44.2 Å². The topological polar surface area (TPSA) is 96.8 Å². The number of nitrogens with two attached hydrogens (primary N) is 2. The number of rotatable bonds is 17. The van der Waals surface area contributed by atoms with Crippen LogP contribution in [0.2, 0.25) is 0 Å². The second-order valence-corrected chi connectivity index (χ2v) is 6.23. The van der Waals surface area contributed by atoms with Crippen molar-refractivity contribution in [2.24, 2.45) is 11.5 Å². The highest BCUT2D eigenvalue weighted by atomic mass is 16.7. The third kappa shape index (κ3) is 8.84. The maximum Gasteiger partial charge on any atom is 0.247 e. The minimum atomic E-state index is -1.38. The van der Waals surface area contributed by atoms with Crippen LogP contribution in [0.4, 0.5) is 0 Å². The monoisotopic (exact) mass is 358 g/mol. The third-order valence-electron chi connectivity index (χ3n) is 4.03. The molecule has 1 atom stereocenters. The molecule has 6 nitrogen and oxygen atoms in total. The highest BCUT2D eigenvalue weighted by Gasteiger charge is 2.45. The molecule has 25 heavy (non-hydrogen) atoms. The Morgan fingerprint density at radius 1 is 0.960 bits per heavy atom. The zero-order valence-electron chi connectivity index (χ0n) is 16.4. The minimum absolute atomic E-state index is 0.0850. The second kappa shape index (κ2) is 15.4. The molecule has 0 aliphatic rings. The van der Waals surface area contributed by atoms with Gasteiger partial charge in [-0.2, -0.15) is 0 Å². The van der Waals surface area contributed by atoms with Crippen molar-refractivity contribution >= 4 is 5.94 Å². The molecule has 0 aromatic heterocycles. The van der Waals surface area contributed by atoms with E-state index in [1.54, 1.807) is 5.94 Å². The van der Waals surface area contributed by atoms with Crippen LogP contribution in [0.5, 0.6) is 0 Å². The average Bonchev–Trinajstić information content (AvgIpc) is 2.63. The lowest BCUT2D eigenvalue weighted by Gasteiger charge is -2.39. The smallest absolute Gasteiger partial charge is 0.247 e. The molecule has 0 bridgehead atoms. The van der Waals surface area contributed by atoms with Gasteiger partial charge in [-0.3, -0.25) is 0 Å². The number of hydrogen-bond acceptors (Lipinski definition) is 6. The molecule has 0 aromatic carbocycles. The predicted octanol–water partition coefficient (Wildman–Crippen LogP) is 2.91. The van der Waals surface area contributed by atoms with E-state index in [-0.39, 0.29) is 5.70 Å². The SMILES string of the molecule is CCCCOC(CCCN)C(OCCCC)(OCCCC)C(N)=C=O. The van der Waals surface area contributed by atoms with Gasteiger partial charge in [-0.05, 0) is 38.6 Å². The number of hydrogen-bond donors (Lipinski definition) is 2. The molecule has 0 amide bonds. The average molecular weight is 359 g/mol. The van der Waals surface area contributed by atoms with E-state index < -0.39 is 11.9 Å². The number of carbonyl (C=O) groups excluding carboxylic acids is 1. The Kier molecular flexibility index (Phi) is 14.8. The first-order valence-electron chi connectivity index (χ1n) is 9.73. The molecule has 0 aliphatic carbocycles. The minimum Gasteiger partial charge on any atom is -0.389 e. The van der Waals surface area contributed by atoms with Gasteiger partial charge in [0.25, 0.3) is 0 Å². The molecule has 0 rings (SSSR count). The first-order valence-corrected chi connectivity index (χ1v) is 9.73. The van der Waals surface area contributed by atoms with Crippen LogP contribution in [0.3, 0.4) is 0 Å². The standard InChI is InChI=1S/C19H38N2O4/c1-4-7-13-23-18(11-10-12-20)19(17(21)16-22,24-14-8-5-2)25-15-9-6-3/h18H,4-15,20-21H2,1-3H3. The van der Waals surface area contributed by atoms with E-state index in [1.807, 2.05) is 0 Å². The zero-order chi connectivity index (χ0) is 19.0. The second-order valence-electron chi connectivity index (χ2n) is 6.23. The van der Waals surface area contributed by atoms with Crippen LogP contribution >= 0.6 is 0 Å². The van der Waals surface area contributed by atoms with Gasteiger partial charge in [0.05, 0.1) is 13.2 Å². The van der Waals surface area contributed by atoms with E-state index in [4.69, 9.17) is 25.7 Å². The first kappa shape index (κ1) is 24.1. The summed E-state index contributed by atoms with van der Waals surface area (Å²) in [6.07, 6.45) is 6.46. The molecule has 0 saturated heterocycles. The molecular weight excluding hydrogens is 320 g/mol. The Hall–Kier alpha value is -0.910. The quantitative estimate of drug-likeness (QED) is 0.236. The molecule has 6 heteroatoms. The van der Waals surface area contributed by atoms with Crippen molar-refractivity contribution in [3.8, 4) is 0 Å². The van der Waals surface area contributed by atoms with Gasteiger partial charge in [0.1, 0.15) is 6.10 Å². The van der Waals surface area contributed by atoms with Crippen molar-refractivity contribution in [2.45, 2.75) is 84.0 Å². The van der Waals surface area contributed by atoms with E-state index in [1.165, 1.54) is 0 Å². The molecular formula is C19H38N2O4. The van der Waals surface area contributed by atoms with E-state index in [2.05, 4.69) is 20.8 Å². The lowest BCUT2D eigenvalue weighted by molar-refractivity contribution is -0.271. The summed E-state index contributed by atoms with van der Waals surface area (Å²) in [4.78, 5) is 11.4. The highest BCUT2D eigenvalue weighted by molar-refractivity contribution is 5.54. The molecule has 0 spiro atoms.